The molecule has 6 nitrogen and oxygen atoms in total. The van der Waals surface area contributed by atoms with Crippen LogP contribution in [0.2, 0.25) is 0 Å². The van der Waals surface area contributed by atoms with E-state index in [1.54, 1.807) is 0 Å². The molecule has 8 heteroatoms. The summed E-state index contributed by atoms with van der Waals surface area (Å²) in [4.78, 5) is 16.8. The number of carbonyl (C=O) groups is 1. The summed E-state index contributed by atoms with van der Waals surface area (Å²) in [7, 11) is 4.00. The number of hydrogen-bond acceptors (Lipinski definition) is 5. The van der Waals surface area contributed by atoms with Crippen molar-refractivity contribution in [3.05, 3.63) is 29.8 Å². The zero-order valence-electron chi connectivity index (χ0n) is 15.0. The van der Waals surface area contributed by atoms with Gasteiger partial charge in [-0.05, 0) is 26.2 Å². The van der Waals surface area contributed by atoms with Crippen molar-refractivity contribution in [3.63, 3.8) is 0 Å². The van der Waals surface area contributed by atoms with Gasteiger partial charge in [0.2, 0.25) is 0 Å². The first-order valence-corrected chi connectivity index (χ1v) is 8.24. The van der Waals surface area contributed by atoms with E-state index in [0.717, 1.165) is 39.3 Å². The van der Waals surface area contributed by atoms with Crippen molar-refractivity contribution in [3.8, 4) is 5.75 Å². The largest absolute Gasteiger partial charge is 0.491 e. The molecule has 1 fully saturated rings. The van der Waals surface area contributed by atoms with Gasteiger partial charge in [-0.15, -0.1) is 24.8 Å². The maximum absolute atomic E-state index is 12.4. The lowest BCUT2D eigenvalue weighted by molar-refractivity contribution is 0.0943. The average Bonchev–Trinajstić information content (AvgIpc) is 2.56. The minimum atomic E-state index is -0.0689. The summed E-state index contributed by atoms with van der Waals surface area (Å²) in [5.41, 5.74) is 0.603. The molecule has 0 bridgehead atoms. The van der Waals surface area contributed by atoms with Crippen LogP contribution >= 0.6 is 24.8 Å². The van der Waals surface area contributed by atoms with Crippen LogP contribution in [-0.4, -0.2) is 82.2 Å². The summed E-state index contributed by atoms with van der Waals surface area (Å²) in [5.74, 6) is 0.578. The van der Waals surface area contributed by atoms with Gasteiger partial charge in [0.05, 0.1) is 5.56 Å². The summed E-state index contributed by atoms with van der Waals surface area (Å²) in [6.07, 6.45) is 0. The van der Waals surface area contributed by atoms with Gasteiger partial charge < -0.3 is 20.3 Å². The fraction of sp³-hybridized carbons (Fsp3) is 0.588. The molecule has 0 spiro atoms. The van der Waals surface area contributed by atoms with Crippen LogP contribution in [-0.2, 0) is 0 Å². The van der Waals surface area contributed by atoms with Gasteiger partial charge >= 0.3 is 0 Å². The molecule has 1 aliphatic rings. The minimum absolute atomic E-state index is 0. The topological polar surface area (TPSA) is 56.8 Å². The maximum atomic E-state index is 12.4. The summed E-state index contributed by atoms with van der Waals surface area (Å²) >= 11 is 0. The smallest absolute Gasteiger partial charge is 0.255 e. The fourth-order valence-electron chi connectivity index (χ4n) is 2.48. The Hall–Kier alpha value is -1.05. The normalized spacial score (nSPS) is 14.4. The lowest BCUT2D eigenvalue weighted by atomic mass is 10.2. The summed E-state index contributed by atoms with van der Waals surface area (Å²) in [6.45, 7) is 7.06. The summed E-state index contributed by atoms with van der Waals surface area (Å²) in [5, 5.41) is 6.32. The van der Waals surface area contributed by atoms with Crippen LogP contribution in [0.3, 0.4) is 0 Å². The van der Waals surface area contributed by atoms with E-state index in [1.807, 2.05) is 38.4 Å². The fourth-order valence-corrected chi connectivity index (χ4v) is 2.48. The third-order valence-electron chi connectivity index (χ3n) is 3.85. The number of para-hydroxylation sites is 1. The zero-order chi connectivity index (χ0) is 16.5. The molecule has 1 aromatic rings. The number of carbonyl (C=O) groups excluding carboxylic acids is 1. The van der Waals surface area contributed by atoms with Crippen molar-refractivity contribution in [2.75, 3.05) is 66.5 Å². The molecule has 2 N–H and O–H groups in total. The number of likely N-dealkylation sites (N-methyl/N-ethyl adjacent to an activating group) is 1. The Morgan fingerprint density at radius 1 is 1.24 bits per heavy atom. The number of rotatable bonds is 8. The second-order valence-electron chi connectivity index (χ2n) is 6.00. The second kappa shape index (κ2) is 13.2. The highest BCUT2D eigenvalue weighted by Gasteiger charge is 2.13. The first kappa shape index (κ1) is 23.9. The quantitative estimate of drug-likeness (QED) is 0.693. The first-order valence-electron chi connectivity index (χ1n) is 8.24. The number of ether oxygens (including phenoxy) is 1. The van der Waals surface area contributed by atoms with E-state index >= 15 is 0 Å². The molecule has 1 heterocycles. The molecule has 144 valence electrons. The molecular formula is C17H30Cl2N4O2. The summed E-state index contributed by atoms with van der Waals surface area (Å²) < 4.78 is 5.74. The molecule has 0 atom stereocenters. The molecule has 0 aromatic heterocycles. The number of nitrogens with zero attached hydrogens (tertiary/aromatic N) is 2. The molecule has 1 saturated heterocycles. The van der Waals surface area contributed by atoms with E-state index in [0.29, 0.717) is 24.5 Å². The van der Waals surface area contributed by atoms with Gasteiger partial charge in [-0.25, -0.2) is 0 Å². The van der Waals surface area contributed by atoms with Gasteiger partial charge in [0.1, 0.15) is 12.4 Å². The minimum Gasteiger partial charge on any atom is -0.491 e. The van der Waals surface area contributed by atoms with E-state index in [-0.39, 0.29) is 30.7 Å². The Morgan fingerprint density at radius 2 is 1.92 bits per heavy atom. The van der Waals surface area contributed by atoms with Gasteiger partial charge in [-0.1, -0.05) is 12.1 Å². The van der Waals surface area contributed by atoms with Crippen LogP contribution in [0.25, 0.3) is 0 Å². The van der Waals surface area contributed by atoms with Crippen LogP contribution in [0, 0.1) is 0 Å². The second-order valence-corrected chi connectivity index (χ2v) is 6.00. The number of amides is 1. The molecule has 0 saturated carbocycles. The molecule has 0 unspecified atom stereocenters. The number of nitrogens with one attached hydrogen (secondary N) is 2. The van der Waals surface area contributed by atoms with E-state index in [4.69, 9.17) is 4.74 Å². The van der Waals surface area contributed by atoms with Crippen molar-refractivity contribution < 1.29 is 9.53 Å². The highest BCUT2D eigenvalue weighted by atomic mass is 35.5. The van der Waals surface area contributed by atoms with Crippen LogP contribution in [0.4, 0.5) is 0 Å². The van der Waals surface area contributed by atoms with Gasteiger partial charge in [0.15, 0.2) is 0 Å². The number of benzene rings is 1. The van der Waals surface area contributed by atoms with E-state index in [2.05, 4.69) is 20.4 Å². The Labute approximate surface area is 163 Å². The van der Waals surface area contributed by atoms with Crippen LogP contribution in [0.15, 0.2) is 24.3 Å². The van der Waals surface area contributed by atoms with Gasteiger partial charge in [-0.3, -0.25) is 9.69 Å². The number of piperazine rings is 1. The number of halogens is 2. The first-order chi connectivity index (χ1) is 11.2. The SMILES string of the molecule is CN(C)CCOc1ccccc1C(=O)NCCN1CCNCC1.Cl.Cl. The predicted molar refractivity (Wildman–Crippen MR) is 107 cm³/mol. The van der Waals surface area contributed by atoms with Gasteiger partial charge in [-0.2, -0.15) is 0 Å². The van der Waals surface area contributed by atoms with Crippen LogP contribution in [0.1, 0.15) is 10.4 Å². The van der Waals surface area contributed by atoms with Crippen LogP contribution < -0.4 is 15.4 Å². The van der Waals surface area contributed by atoms with Crippen molar-refractivity contribution in [2.24, 2.45) is 0 Å². The Balaban J connectivity index is 0.00000288. The van der Waals surface area contributed by atoms with Crippen molar-refractivity contribution in [2.45, 2.75) is 0 Å². The molecule has 2 rings (SSSR count). The number of hydrogen-bond donors (Lipinski definition) is 2. The molecule has 1 amide bonds. The van der Waals surface area contributed by atoms with E-state index in [1.165, 1.54) is 0 Å². The third-order valence-corrected chi connectivity index (χ3v) is 3.85. The highest BCUT2D eigenvalue weighted by Crippen LogP contribution is 2.17. The predicted octanol–water partition coefficient (Wildman–Crippen LogP) is 1.11. The Bertz CT molecular complexity index is 497. The summed E-state index contributed by atoms with van der Waals surface area (Å²) in [6, 6.07) is 7.42. The molecule has 25 heavy (non-hydrogen) atoms. The zero-order valence-corrected chi connectivity index (χ0v) is 16.6. The van der Waals surface area contributed by atoms with Crippen molar-refractivity contribution in [1.29, 1.82) is 0 Å². The molecule has 1 aliphatic heterocycles. The van der Waals surface area contributed by atoms with E-state index in [9.17, 15) is 4.79 Å². The Kier molecular flexibility index (Phi) is 12.6. The van der Waals surface area contributed by atoms with Crippen molar-refractivity contribution in [1.82, 2.24) is 20.4 Å². The lowest BCUT2D eigenvalue weighted by Gasteiger charge is -2.27. The standard InChI is InChI=1S/C17H28N4O2.2ClH/c1-20(2)13-14-23-16-6-4-3-5-15(16)17(22)19-9-12-21-10-7-18-8-11-21;;/h3-6,18H,7-14H2,1-2H3,(H,19,22);2*1H. The lowest BCUT2D eigenvalue weighted by Crippen LogP contribution is -2.46. The monoisotopic (exact) mass is 392 g/mol. The maximum Gasteiger partial charge on any atom is 0.255 e. The highest BCUT2D eigenvalue weighted by molar-refractivity contribution is 5.96. The molecule has 0 radical (unpaired) electrons. The molecular weight excluding hydrogens is 363 g/mol. The average molecular weight is 393 g/mol. The van der Waals surface area contributed by atoms with Crippen molar-refractivity contribution >= 4 is 30.7 Å². The molecule has 1 aromatic carbocycles. The van der Waals surface area contributed by atoms with E-state index < -0.39 is 0 Å². The van der Waals surface area contributed by atoms with Crippen LogP contribution in [0.5, 0.6) is 5.75 Å². The third kappa shape index (κ3) is 8.74. The van der Waals surface area contributed by atoms with Gasteiger partial charge in [0.25, 0.3) is 5.91 Å². The Morgan fingerprint density at radius 3 is 2.60 bits per heavy atom. The molecule has 0 aliphatic carbocycles. The van der Waals surface area contributed by atoms with Gasteiger partial charge in [0, 0.05) is 45.8 Å².